The van der Waals surface area contributed by atoms with Crippen molar-refractivity contribution >= 4 is 52.0 Å². The number of aromatic carboxylic acids is 1. The molecular weight excluding hydrogens is 620 g/mol. The summed E-state index contributed by atoms with van der Waals surface area (Å²) >= 11 is 9.56. The number of hydrogen-bond acceptors (Lipinski definition) is 5. The third-order valence-electron chi connectivity index (χ3n) is 7.90. The molecule has 8 heteroatoms. The zero-order chi connectivity index (χ0) is 30.9. The Morgan fingerprint density at radius 3 is 2.51 bits per heavy atom. The van der Waals surface area contributed by atoms with Crippen LogP contribution in [0.25, 0.3) is 22.0 Å². The molecule has 0 radical (unpaired) electrons. The fraction of sp³-hybridized carbons (Fsp3) is 0.135. The van der Waals surface area contributed by atoms with Crippen LogP contribution in [0.1, 0.15) is 34.1 Å². The highest BCUT2D eigenvalue weighted by Gasteiger charge is 2.30. The standard InChI is InChI=1S/C37H29ClN2O3S2/c1-23-19-30-32(43-22-28-16-13-26(20-39-28)25-7-3-2-4-8-25)18-17-31-34(30)35(44-23)36(40(31)21-24-11-14-27(38)15-12-24)45-33-10-6-5-9-29(33)37(41)42/h2-18,20,23H,19,21-22H2,1H3,(H,41,42). The number of nitrogens with zero attached hydrogens (tertiary/aromatic N) is 2. The Morgan fingerprint density at radius 2 is 1.76 bits per heavy atom. The van der Waals surface area contributed by atoms with Crippen molar-refractivity contribution in [2.75, 3.05) is 0 Å². The van der Waals surface area contributed by atoms with Crippen molar-refractivity contribution < 1.29 is 14.6 Å². The number of hydrogen-bond donors (Lipinski definition) is 1. The zero-order valence-electron chi connectivity index (χ0n) is 24.4. The van der Waals surface area contributed by atoms with Crippen LogP contribution < -0.4 is 4.74 Å². The molecule has 0 bridgehead atoms. The van der Waals surface area contributed by atoms with Crippen LogP contribution in [0.5, 0.6) is 5.75 Å². The van der Waals surface area contributed by atoms with Gasteiger partial charge < -0.3 is 14.4 Å². The van der Waals surface area contributed by atoms with Crippen LogP contribution in [-0.4, -0.2) is 25.9 Å². The number of benzene rings is 4. The summed E-state index contributed by atoms with van der Waals surface area (Å²) in [5.74, 6) is -0.0779. The number of carboxylic acid groups (broad SMARTS) is 1. The molecule has 0 aliphatic carbocycles. The van der Waals surface area contributed by atoms with Gasteiger partial charge in [-0.05, 0) is 60.0 Å². The molecule has 224 valence electrons. The molecule has 2 aromatic heterocycles. The minimum Gasteiger partial charge on any atom is -0.487 e. The Labute approximate surface area is 275 Å². The fourth-order valence-corrected chi connectivity index (χ4v) is 8.43. The van der Waals surface area contributed by atoms with Crippen molar-refractivity contribution in [3.63, 3.8) is 0 Å². The lowest BCUT2D eigenvalue weighted by molar-refractivity contribution is 0.0693. The molecule has 0 saturated carbocycles. The van der Waals surface area contributed by atoms with Gasteiger partial charge in [-0.15, -0.1) is 11.8 Å². The first-order chi connectivity index (χ1) is 21.9. The molecule has 0 spiro atoms. The first kappa shape index (κ1) is 29.5. The average Bonchev–Trinajstić information content (AvgIpc) is 3.34. The largest absolute Gasteiger partial charge is 0.487 e. The van der Waals surface area contributed by atoms with Gasteiger partial charge in [0.2, 0.25) is 0 Å². The Morgan fingerprint density at radius 1 is 0.978 bits per heavy atom. The van der Waals surface area contributed by atoms with E-state index in [2.05, 4.69) is 46.8 Å². The van der Waals surface area contributed by atoms with Gasteiger partial charge in [0.1, 0.15) is 12.4 Å². The van der Waals surface area contributed by atoms with Crippen molar-refractivity contribution in [1.82, 2.24) is 9.55 Å². The topological polar surface area (TPSA) is 64.3 Å². The van der Waals surface area contributed by atoms with Crippen molar-refractivity contribution in [2.24, 2.45) is 0 Å². The fourth-order valence-electron chi connectivity index (χ4n) is 5.74. The summed E-state index contributed by atoms with van der Waals surface area (Å²) < 4.78 is 8.78. The van der Waals surface area contributed by atoms with Crippen molar-refractivity contribution in [2.45, 2.75) is 46.6 Å². The van der Waals surface area contributed by atoms with E-state index in [0.717, 1.165) is 50.0 Å². The molecular formula is C37H29ClN2O3S2. The van der Waals surface area contributed by atoms with Gasteiger partial charge in [0, 0.05) is 49.3 Å². The van der Waals surface area contributed by atoms with E-state index in [9.17, 15) is 9.90 Å². The monoisotopic (exact) mass is 648 g/mol. The Bertz CT molecular complexity index is 2010. The maximum atomic E-state index is 12.1. The molecule has 1 aliphatic rings. The van der Waals surface area contributed by atoms with Crippen LogP contribution in [0.15, 0.2) is 124 Å². The number of carboxylic acids is 1. The first-order valence-corrected chi connectivity index (χ1v) is 16.7. The average molecular weight is 649 g/mol. The predicted octanol–water partition coefficient (Wildman–Crippen LogP) is 9.87. The summed E-state index contributed by atoms with van der Waals surface area (Å²) in [7, 11) is 0. The second-order valence-corrected chi connectivity index (χ2v) is 13.9. The summed E-state index contributed by atoms with van der Waals surface area (Å²) in [4.78, 5) is 18.7. The molecule has 1 N–H and O–H groups in total. The van der Waals surface area contributed by atoms with Gasteiger partial charge in [0.25, 0.3) is 0 Å². The quantitative estimate of drug-likeness (QED) is 0.168. The number of halogens is 1. The summed E-state index contributed by atoms with van der Waals surface area (Å²) in [5.41, 5.74) is 6.75. The van der Waals surface area contributed by atoms with E-state index in [4.69, 9.17) is 16.3 Å². The van der Waals surface area contributed by atoms with E-state index >= 15 is 0 Å². The Kier molecular flexibility index (Phi) is 8.32. The minimum absolute atomic E-state index is 0.293. The molecule has 3 heterocycles. The molecule has 7 rings (SSSR count). The van der Waals surface area contributed by atoms with Gasteiger partial charge in [-0.2, -0.15) is 0 Å². The molecule has 4 aromatic carbocycles. The summed E-state index contributed by atoms with van der Waals surface area (Å²) in [6.45, 7) is 3.22. The van der Waals surface area contributed by atoms with Crippen molar-refractivity contribution in [3.8, 4) is 16.9 Å². The number of carbonyl (C=O) groups is 1. The molecule has 5 nitrogen and oxygen atoms in total. The van der Waals surface area contributed by atoms with E-state index < -0.39 is 5.97 Å². The van der Waals surface area contributed by atoms with Crippen LogP contribution in [0, 0.1) is 0 Å². The molecule has 1 unspecified atom stereocenters. The lowest BCUT2D eigenvalue weighted by Crippen LogP contribution is -2.09. The molecule has 1 atom stereocenters. The lowest BCUT2D eigenvalue weighted by atomic mass is 10.0. The summed E-state index contributed by atoms with van der Waals surface area (Å²) in [6.07, 6.45) is 2.76. The molecule has 0 amide bonds. The van der Waals surface area contributed by atoms with Gasteiger partial charge in [0.05, 0.1) is 21.8 Å². The van der Waals surface area contributed by atoms with E-state index in [-0.39, 0.29) is 0 Å². The maximum Gasteiger partial charge on any atom is 0.336 e. The van der Waals surface area contributed by atoms with Gasteiger partial charge in [-0.3, -0.25) is 4.98 Å². The highest BCUT2D eigenvalue weighted by Crippen LogP contribution is 2.51. The van der Waals surface area contributed by atoms with Crippen molar-refractivity contribution in [1.29, 1.82) is 0 Å². The first-order valence-electron chi connectivity index (χ1n) is 14.7. The van der Waals surface area contributed by atoms with Crippen LogP contribution in [-0.2, 0) is 19.6 Å². The van der Waals surface area contributed by atoms with Gasteiger partial charge in [-0.1, -0.05) is 91.0 Å². The van der Waals surface area contributed by atoms with E-state index in [1.807, 2.05) is 78.6 Å². The SMILES string of the molecule is CC1Cc2c(OCc3ccc(-c4ccccc4)cn3)ccc3c2c(c(Sc2ccccc2C(=O)O)n3Cc2ccc(Cl)cc2)S1. The maximum absolute atomic E-state index is 12.1. The number of pyridine rings is 1. The molecule has 45 heavy (non-hydrogen) atoms. The molecule has 0 fully saturated rings. The second-order valence-electron chi connectivity index (χ2n) is 11.0. The third kappa shape index (κ3) is 6.08. The number of ether oxygens (including phenoxy) is 1. The van der Waals surface area contributed by atoms with Gasteiger partial charge in [0.15, 0.2) is 0 Å². The zero-order valence-corrected chi connectivity index (χ0v) is 26.8. The summed E-state index contributed by atoms with van der Waals surface area (Å²) in [5, 5.41) is 13.1. The lowest BCUT2D eigenvalue weighted by Gasteiger charge is -2.22. The normalized spacial score (nSPS) is 14.0. The highest BCUT2D eigenvalue weighted by molar-refractivity contribution is 8.02. The van der Waals surface area contributed by atoms with Crippen LogP contribution >= 0.6 is 35.1 Å². The smallest absolute Gasteiger partial charge is 0.336 e. The van der Waals surface area contributed by atoms with Crippen LogP contribution in [0.3, 0.4) is 0 Å². The number of rotatable bonds is 9. The molecule has 0 saturated heterocycles. The number of thioether (sulfide) groups is 1. The van der Waals surface area contributed by atoms with E-state index in [1.54, 1.807) is 12.1 Å². The van der Waals surface area contributed by atoms with Crippen LogP contribution in [0.2, 0.25) is 5.02 Å². The Hall–Kier alpha value is -4.17. The van der Waals surface area contributed by atoms with E-state index in [0.29, 0.717) is 33.9 Å². The highest BCUT2D eigenvalue weighted by atomic mass is 35.5. The third-order valence-corrected chi connectivity index (χ3v) is 10.7. The molecule has 6 aromatic rings. The Balaban J connectivity index is 1.28. The van der Waals surface area contributed by atoms with Gasteiger partial charge >= 0.3 is 5.97 Å². The van der Waals surface area contributed by atoms with Crippen molar-refractivity contribution in [3.05, 3.63) is 137 Å². The summed E-state index contributed by atoms with van der Waals surface area (Å²) in [6, 6.07) is 33.6. The number of aromatic nitrogens is 2. The van der Waals surface area contributed by atoms with Gasteiger partial charge in [-0.25, -0.2) is 4.79 Å². The minimum atomic E-state index is -0.935. The van der Waals surface area contributed by atoms with E-state index in [1.165, 1.54) is 22.7 Å². The van der Waals surface area contributed by atoms with Crippen LogP contribution in [0.4, 0.5) is 0 Å². The molecule has 1 aliphatic heterocycles. The predicted molar refractivity (Wildman–Crippen MR) is 183 cm³/mol. The second kappa shape index (κ2) is 12.7.